The standard InChI is InChI=1S/C16H18F2N4OS/c1-16(2,3)12-9-22-15(20-12)24-14(21-22)19-8-10-5-4-6-11(7-10)23-13(17)18/h4-7,9,13H,8H2,1-3H3,(H,19,21). The van der Waals surface area contributed by atoms with Gasteiger partial charge in [-0.15, -0.1) is 5.10 Å². The minimum absolute atomic E-state index is 0.0217. The number of halogens is 2. The zero-order chi connectivity index (χ0) is 17.3. The van der Waals surface area contributed by atoms with Gasteiger partial charge < -0.3 is 10.1 Å². The van der Waals surface area contributed by atoms with Crippen molar-refractivity contribution >= 4 is 21.4 Å². The molecule has 1 aromatic carbocycles. The highest BCUT2D eigenvalue weighted by Gasteiger charge is 2.19. The Morgan fingerprint density at radius 3 is 2.79 bits per heavy atom. The van der Waals surface area contributed by atoms with E-state index in [1.54, 1.807) is 16.6 Å². The van der Waals surface area contributed by atoms with E-state index in [1.165, 1.54) is 17.4 Å². The highest BCUT2D eigenvalue weighted by Crippen LogP contribution is 2.26. The van der Waals surface area contributed by atoms with Gasteiger partial charge >= 0.3 is 6.61 Å². The molecule has 5 nitrogen and oxygen atoms in total. The summed E-state index contributed by atoms with van der Waals surface area (Å²) >= 11 is 1.45. The van der Waals surface area contributed by atoms with E-state index < -0.39 is 6.61 Å². The first-order chi connectivity index (χ1) is 11.3. The maximum atomic E-state index is 12.2. The molecule has 0 aliphatic carbocycles. The van der Waals surface area contributed by atoms with Gasteiger partial charge in [-0.2, -0.15) is 8.78 Å². The van der Waals surface area contributed by atoms with Crippen molar-refractivity contribution in [3.8, 4) is 5.75 Å². The Labute approximate surface area is 142 Å². The first-order valence-corrected chi connectivity index (χ1v) is 8.27. The molecule has 24 heavy (non-hydrogen) atoms. The van der Waals surface area contributed by atoms with E-state index >= 15 is 0 Å². The molecule has 0 aliphatic heterocycles. The van der Waals surface area contributed by atoms with E-state index in [0.29, 0.717) is 6.54 Å². The van der Waals surface area contributed by atoms with Crippen molar-refractivity contribution in [3.05, 3.63) is 41.7 Å². The van der Waals surface area contributed by atoms with Crippen molar-refractivity contribution in [3.63, 3.8) is 0 Å². The summed E-state index contributed by atoms with van der Waals surface area (Å²) in [5.74, 6) is 0.146. The second-order valence-electron chi connectivity index (χ2n) is 6.39. The van der Waals surface area contributed by atoms with Gasteiger partial charge in [0.05, 0.1) is 11.9 Å². The average molecular weight is 352 g/mol. The molecule has 0 bridgehead atoms. The van der Waals surface area contributed by atoms with Gasteiger partial charge in [-0.3, -0.25) is 0 Å². The van der Waals surface area contributed by atoms with E-state index in [9.17, 15) is 8.78 Å². The van der Waals surface area contributed by atoms with Crippen LogP contribution in [0.1, 0.15) is 32.0 Å². The number of rotatable bonds is 5. The Morgan fingerprint density at radius 1 is 1.33 bits per heavy atom. The van der Waals surface area contributed by atoms with Crippen molar-refractivity contribution < 1.29 is 13.5 Å². The fraction of sp³-hybridized carbons (Fsp3) is 0.375. The van der Waals surface area contributed by atoms with Gasteiger partial charge in [0.15, 0.2) is 0 Å². The van der Waals surface area contributed by atoms with Crippen LogP contribution in [-0.2, 0) is 12.0 Å². The third-order valence-corrected chi connectivity index (χ3v) is 4.26. The normalized spacial score (nSPS) is 12.1. The Balaban J connectivity index is 1.68. The minimum atomic E-state index is -2.82. The van der Waals surface area contributed by atoms with Crippen LogP contribution in [0, 0.1) is 0 Å². The lowest BCUT2D eigenvalue weighted by Crippen LogP contribution is -2.11. The minimum Gasteiger partial charge on any atom is -0.435 e. The summed E-state index contributed by atoms with van der Waals surface area (Å²) in [4.78, 5) is 5.40. The number of anilines is 1. The molecule has 0 amide bonds. The van der Waals surface area contributed by atoms with Crippen LogP contribution in [-0.4, -0.2) is 21.2 Å². The highest BCUT2D eigenvalue weighted by molar-refractivity contribution is 7.20. The number of benzene rings is 1. The summed E-state index contributed by atoms with van der Waals surface area (Å²) in [5, 5.41) is 8.34. The molecular weight excluding hydrogens is 334 g/mol. The summed E-state index contributed by atoms with van der Waals surface area (Å²) in [7, 11) is 0. The van der Waals surface area contributed by atoms with Crippen molar-refractivity contribution in [2.24, 2.45) is 0 Å². The maximum Gasteiger partial charge on any atom is 0.387 e. The summed E-state index contributed by atoms with van der Waals surface area (Å²) in [6.07, 6.45) is 1.92. The highest BCUT2D eigenvalue weighted by atomic mass is 32.1. The number of hydrogen-bond donors (Lipinski definition) is 1. The van der Waals surface area contributed by atoms with E-state index in [1.807, 2.05) is 12.3 Å². The summed E-state index contributed by atoms with van der Waals surface area (Å²) in [5.41, 5.74) is 1.80. The first kappa shape index (κ1) is 16.6. The fourth-order valence-corrected chi connectivity index (χ4v) is 2.92. The number of hydrogen-bond acceptors (Lipinski definition) is 5. The third-order valence-electron chi connectivity index (χ3n) is 3.38. The van der Waals surface area contributed by atoms with Gasteiger partial charge in [0.25, 0.3) is 0 Å². The fourth-order valence-electron chi connectivity index (χ4n) is 2.14. The Hall–Kier alpha value is -2.22. The van der Waals surface area contributed by atoms with Crippen molar-refractivity contribution in [2.45, 2.75) is 39.3 Å². The monoisotopic (exact) mass is 352 g/mol. The van der Waals surface area contributed by atoms with Crippen LogP contribution in [0.5, 0.6) is 5.75 Å². The maximum absolute atomic E-state index is 12.2. The molecule has 0 saturated carbocycles. The smallest absolute Gasteiger partial charge is 0.387 e. The molecule has 2 aromatic heterocycles. The quantitative estimate of drug-likeness (QED) is 0.744. The summed E-state index contributed by atoms with van der Waals surface area (Å²) in [6, 6.07) is 6.59. The van der Waals surface area contributed by atoms with Gasteiger partial charge in [-0.05, 0) is 17.7 Å². The number of aromatic nitrogens is 3. The summed E-state index contributed by atoms with van der Waals surface area (Å²) < 4.78 is 30.6. The molecule has 0 spiro atoms. The van der Waals surface area contributed by atoms with E-state index in [2.05, 4.69) is 40.9 Å². The van der Waals surface area contributed by atoms with Gasteiger partial charge in [-0.25, -0.2) is 9.50 Å². The largest absolute Gasteiger partial charge is 0.435 e. The molecule has 0 atom stereocenters. The van der Waals surface area contributed by atoms with Crippen molar-refractivity contribution in [2.75, 3.05) is 5.32 Å². The molecule has 2 heterocycles. The number of ether oxygens (including phenoxy) is 1. The molecule has 3 rings (SSSR count). The number of fused-ring (bicyclic) bond motifs is 1. The van der Waals surface area contributed by atoms with E-state index in [4.69, 9.17) is 0 Å². The Morgan fingerprint density at radius 2 is 2.12 bits per heavy atom. The van der Waals surface area contributed by atoms with Crippen LogP contribution >= 0.6 is 11.3 Å². The van der Waals surface area contributed by atoms with Crippen molar-refractivity contribution in [1.29, 1.82) is 0 Å². The Kier molecular flexibility index (Phi) is 4.40. The topological polar surface area (TPSA) is 51.5 Å². The van der Waals surface area contributed by atoms with Crippen molar-refractivity contribution in [1.82, 2.24) is 14.6 Å². The van der Waals surface area contributed by atoms with Crippen LogP contribution in [0.2, 0.25) is 0 Å². The summed E-state index contributed by atoms with van der Waals surface area (Å²) in [6.45, 7) is 3.95. The molecule has 128 valence electrons. The molecule has 0 radical (unpaired) electrons. The van der Waals surface area contributed by atoms with Crippen LogP contribution < -0.4 is 10.1 Å². The van der Waals surface area contributed by atoms with Crippen LogP contribution in [0.4, 0.5) is 13.9 Å². The predicted molar refractivity (Wildman–Crippen MR) is 90.0 cm³/mol. The van der Waals surface area contributed by atoms with E-state index in [0.717, 1.165) is 21.3 Å². The lowest BCUT2D eigenvalue weighted by Gasteiger charge is -2.13. The molecule has 0 saturated heterocycles. The molecule has 0 aliphatic rings. The molecule has 1 N–H and O–H groups in total. The van der Waals surface area contributed by atoms with Gasteiger partial charge in [0.2, 0.25) is 10.1 Å². The second-order valence-corrected chi connectivity index (χ2v) is 7.35. The van der Waals surface area contributed by atoms with Crippen LogP contribution in [0.15, 0.2) is 30.5 Å². The van der Waals surface area contributed by atoms with Crippen LogP contribution in [0.25, 0.3) is 4.96 Å². The lowest BCUT2D eigenvalue weighted by molar-refractivity contribution is -0.0498. The number of alkyl halides is 2. The number of nitrogens with zero attached hydrogens (tertiary/aromatic N) is 3. The number of nitrogens with one attached hydrogen (secondary N) is 1. The van der Waals surface area contributed by atoms with Gasteiger partial charge in [-0.1, -0.05) is 44.2 Å². The van der Waals surface area contributed by atoms with Gasteiger partial charge in [0.1, 0.15) is 5.75 Å². The Bertz CT molecular complexity index is 807. The molecule has 3 aromatic rings. The zero-order valence-electron chi connectivity index (χ0n) is 13.6. The second kappa shape index (κ2) is 6.35. The number of imidazole rings is 1. The molecule has 8 heteroatoms. The predicted octanol–water partition coefficient (Wildman–Crippen LogP) is 4.30. The van der Waals surface area contributed by atoms with Gasteiger partial charge in [0, 0.05) is 12.0 Å². The third kappa shape index (κ3) is 3.81. The average Bonchev–Trinajstić information content (AvgIpc) is 3.02. The SMILES string of the molecule is CC(C)(C)c1cn2nc(NCc3cccc(OC(F)F)c3)sc2n1. The zero-order valence-corrected chi connectivity index (χ0v) is 14.4. The van der Waals surface area contributed by atoms with Crippen LogP contribution in [0.3, 0.4) is 0 Å². The lowest BCUT2D eigenvalue weighted by atomic mass is 9.93. The molecule has 0 fully saturated rings. The first-order valence-electron chi connectivity index (χ1n) is 7.45. The molecule has 0 unspecified atom stereocenters. The molecular formula is C16H18F2N4OS. The van der Waals surface area contributed by atoms with E-state index in [-0.39, 0.29) is 11.2 Å².